The Balaban J connectivity index is 4.00. The maximum Gasteiger partial charge on any atom is 0.144 e. The van der Waals surface area contributed by atoms with E-state index in [2.05, 4.69) is 43.3 Å². The molecule has 0 saturated carbocycles. The minimum Gasteiger partial charge on any atom is -0.409 e. The molecule has 0 aliphatic rings. The smallest absolute Gasteiger partial charge is 0.144 e. The van der Waals surface area contributed by atoms with Crippen molar-refractivity contribution < 1.29 is 5.21 Å². The lowest BCUT2D eigenvalue weighted by atomic mass is 9.87. The van der Waals surface area contributed by atoms with E-state index in [4.69, 9.17) is 10.9 Å². The maximum absolute atomic E-state index is 8.69. The van der Waals surface area contributed by atoms with Gasteiger partial charge in [0.1, 0.15) is 5.84 Å². The summed E-state index contributed by atoms with van der Waals surface area (Å²) in [6.07, 6.45) is 0.848. The monoisotopic (exact) mass is 258 g/mol. The fourth-order valence-electron chi connectivity index (χ4n) is 2.00. The summed E-state index contributed by atoms with van der Waals surface area (Å²) >= 11 is 0. The van der Waals surface area contributed by atoms with Crippen LogP contribution in [0.3, 0.4) is 0 Å². The van der Waals surface area contributed by atoms with Gasteiger partial charge in [-0.3, -0.25) is 0 Å². The van der Waals surface area contributed by atoms with E-state index >= 15 is 0 Å². The van der Waals surface area contributed by atoms with Crippen molar-refractivity contribution in [3.05, 3.63) is 0 Å². The zero-order chi connectivity index (χ0) is 14.4. The zero-order valence-electron chi connectivity index (χ0n) is 12.7. The first-order chi connectivity index (χ1) is 8.10. The van der Waals surface area contributed by atoms with Gasteiger partial charge in [-0.1, -0.05) is 32.9 Å². The third kappa shape index (κ3) is 6.81. The average molecular weight is 258 g/mol. The summed E-state index contributed by atoms with van der Waals surface area (Å²) in [7, 11) is 4.17. The van der Waals surface area contributed by atoms with Crippen molar-refractivity contribution in [1.29, 1.82) is 0 Å². The zero-order valence-corrected chi connectivity index (χ0v) is 12.7. The summed E-state index contributed by atoms with van der Waals surface area (Å²) in [6.45, 7) is 11.3. The highest BCUT2D eigenvalue weighted by Crippen LogP contribution is 2.20. The average Bonchev–Trinajstić information content (AvgIpc) is 2.21. The van der Waals surface area contributed by atoms with Crippen LogP contribution in [0.25, 0.3) is 0 Å². The van der Waals surface area contributed by atoms with Crippen molar-refractivity contribution in [1.82, 2.24) is 10.2 Å². The molecule has 0 aromatic carbocycles. The van der Waals surface area contributed by atoms with Crippen LogP contribution in [0.15, 0.2) is 5.16 Å². The highest BCUT2D eigenvalue weighted by molar-refractivity contribution is 5.85. The standard InChI is InChI=1S/C13H30N4O/c1-12(2,10-17(5)6)9-15-8-7-13(3,4)11(14)16-18/h15,18H,7-10H2,1-6H3,(H2,14,16). The van der Waals surface area contributed by atoms with Gasteiger partial charge in [0.2, 0.25) is 0 Å². The summed E-state index contributed by atoms with van der Waals surface area (Å²) in [5.41, 5.74) is 5.62. The molecule has 5 nitrogen and oxygen atoms in total. The van der Waals surface area contributed by atoms with Crippen LogP contribution in [0.2, 0.25) is 0 Å². The van der Waals surface area contributed by atoms with E-state index in [1.165, 1.54) is 0 Å². The van der Waals surface area contributed by atoms with Crippen LogP contribution in [0.1, 0.15) is 34.1 Å². The molecule has 0 aromatic heterocycles. The van der Waals surface area contributed by atoms with Gasteiger partial charge in [-0.15, -0.1) is 0 Å². The quantitative estimate of drug-likeness (QED) is 0.202. The van der Waals surface area contributed by atoms with Crippen molar-refractivity contribution in [2.24, 2.45) is 21.7 Å². The molecule has 0 heterocycles. The molecule has 0 radical (unpaired) electrons. The molecule has 0 aliphatic heterocycles. The van der Waals surface area contributed by atoms with E-state index in [0.717, 1.165) is 26.1 Å². The summed E-state index contributed by atoms with van der Waals surface area (Å²) in [5, 5.41) is 15.2. The van der Waals surface area contributed by atoms with Crippen LogP contribution in [0.4, 0.5) is 0 Å². The SMILES string of the molecule is CN(C)CC(C)(C)CNCCC(C)(C)C(N)=NO. The van der Waals surface area contributed by atoms with Gasteiger partial charge in [-0.25, -0.2) is 0 Å². The summed E-state index contributed by atoms with van der Waals surface area (Å²) < 4.78 is 0. The molecule has 0 bridgehead atoms. The molecule has 0 atom stereocenters. The molecule has 0 rings (SSSR count). The molecule has 0 aromatic rings. The summed E-state index contributed by atoms with van der Waals surface area (Å²) in [6, 6.07) is 0. The Morgan fingerprint density at radius 2 is 1.83 bits per heavy atom. The highest BCUT2D eigenvalue weighted by atomic mass is 16.4. The normalized spacial score (nSPS) is 14.3. The Bertz CT molecular complexity index is 272. The van der Waals surface area contributed by atoms with Crippen LogP contribution in [0, 0.1) is 10.8 Å². The summed E-state index contributed by atoms with van der Waals surface area (Å²) in [5.74, 6) is 0.289. The van der Waals surface area contributed by atoms with Gasteiger partial charge in [0.25, 0.3) is 0 Å². The molecule has 4 N–H and O–H groups in total. The lowest BCUT2D eigenvalue weighted by molar-refractivity contribution is 0.230. The van der Waals surface area contributed by atoms with E-state index in [-0.39, 0.29) is 16.7 Å². The Labute approximate surface area is 111 Å². The molecule has 0 unspecified atom stereocenters. The van der Waals surface area contributed by atoms with Gasteiger partial charge in [-0.05, 0) is 32.5 Å². The molecule has 5 heteroatoms. The van der Waals surface area contributed by atoms with Crippen LogP contribution in [0.5, 0.6) is 0 Å². The highest BCUT2D eigenvalue weighted by Gasteiger charge is 2.24. The Morgan fingerprint density at radius 3 is 2.28 bits per heavy atom. The number of hydrogen-bond donors (Lipinski definition) is 3. The van der Waals surface area contributed by atoms with Crippen molar-refractivity contribution in [2.45, 2.75) is 34.1 Å². The van der Waals surface area contributed by atoms with Crippen LogP contribution >= 0.6 is 0 Å². The molecule has 0 fully saturated rings. The third-order valence-electron chi connectivity index (χ3n) is 3.08. The second-order valence-corrected chi connectivity index (χ2v) is 6.70. The first-order valence-electron chi connectivity index (χ1n) is 6.44. The largest absolute Gasteiger partial charge is 0.409 e. The van der Waals surface area contributed by atoms with Gasteiger partial charge in [0.15, 0.2) is 0 Å². The van der Waals surface area contributed by atoms with Gasteiger partial charge >= 0.3 is 0 Å². The number of amidine groups is 1. The van der Waals surface area contributed by atoms with Crippen LogP contribution < -0.4 is 11.1 Å². The number of hydrogen-bond acceptors (Lipinski definition) is 4. The van der Waals surface area contributed by atoms with Gasteiger partial charge < -0.3 is 21.2 Å². The second-order valence-electron chi connectivity index (χ2n) is 6.70. The Hall–Kier alpha value is -0.810. The second kappa shape index (κ2) is 6.95. The predicted molar refractivity (Wildman–Crippen MR) is 77.0 cm³/mol. The molecule has 0 aliphatic carbocycles. The minimum absolute atomic E-state index is 0.240. The number of rotatable bonds is 8. The van der Waals surface area contributed by atoms with Crippen LogP contribution in [-0.4, -0.2) is 49.7 Å². The topological polar surface area (TPSA) is 73.9 Å². The van der Waals surface area contributed by atoms with Gasteiger partial charge in [-0.2, -0.15) is 0 Å². The van der Waals surface area contributed by atoms with Crippen molar-refractivity contribution in [3.8, 4) is 0 Å². The van der Waals surface area contributed by atoms with E-state index in [1.54, 1.807) is 0 Å². The first kappa shape index (κ1) is 17.2. The number of oxime groups is 1. The molecule has 0 spiro atoms. The fourth-order valence-corrected chi connectivity index (χ4v) is 2.00. The maximum atomic E-state index is 8.69. The molecule has 108 valence electrons. The van der Waals surface area contributed by atoms with Gasteiger partial charge in [0, 0.05) is 18.5 Å². The lowest BCUT2D eigenvalue weighted by Gasteiger charge is -2.29. The van der Waals surface area contributed by atoms with E-state index < -0.39 is 0 Å². The number of nitrogens with one attached hydrogen (secondary N) is 1. The number of nitrogens with zero attached hydrogens (tertiary/aromatic N) is 2. The van der Waals surface area contributed by atoms with E-state index in [9.17, 15) is 0 Å². The molecular weight excluding hydrogens is 228 g/mol. The molecular formula is C13H30N4O. The minimum atomic E-state index is -0.270. The van der Waals surface area contributed by atoms with Crippen LogP contribution in [-0.2, 0) is 0 Å². The van der Waals surface area contributed by atoms with Gasteiger partial charge in [0.05, 0.1) is 0 Å². The van der Waals surface area contributed by atoms with Crippen molar-refractivity contribution in [3.63, 3.8) is 0 Å². The van der Waals surface area contributed by atoms with Crippen molar-refractivity contribution >= 4 is 5.84 Å². The fraction of sp³-hybridized carbons (Fsp3) is 0.923. The third-order valence-corrected chi connectivity index (χ3v) is 3.08. The predicted octanol–water partition coefficient (Wildman–Crippen LogP) is 1.33. The summed E-state index contributed by atoms with van der Waals surface area (Å²) in [4.78, 5) is 2.20. The molecule has 0 saturated heterocycles. The Kier molecular flexibility index (Phi) is 6.63. The van der Waals surface area contributed by atoms with Crippen molar-refractivity contribution in [2.75, 3.05) is 33.7 Å². The molecule has 0 amide bonds. The first-order valence-corrected chi connectivity index (χ1v) is 6.44. The van der Waals surface area contributed by atoms with E-state index in [0.29, 0.717) is 0 Å². The number of nitrogens with two attached hydrogens (primary N) is 1. The Morgan fingerprint density at radius 1 is 1.28 bits per heavy atom. The van der Waals surface area contributed by atoms with E-state index in [1.807, 2.05) is 13.8 Å². The lowest BCUT2D eigenvalue weighted by Crippen LogP contribution is -2.40. The molecule has 18 heavy (non-hydrogen) atoms.